The number of carbonyl (C=O) groups excluding carboxylic acids is 3. The number of esters is 3. The van der Waals surface area contributed by atoms with Gasteiger partial charge in [-0.25, -0.2) is 0 Å². The molecule has 0 aliphatic rings. The zero-order chi connectivity index (χ0) is 52.2. The van der Waals surface area contributed by atoms with Crippen molar-refractivity contribution in [1.82, 2.24) is 0 Å². The molecule has 6 nitrogen and oxygen atoms in total. The van der Waals surface area contributed by atoms with Crippen molar-refractivity contribution in [1.29, 1.82) is 0 Å². The van der Waals surface area contributed by atoms with Gasteiger partial charge in [0.15, 0.2) is 6.10 Å². The molecule has 1 unspecified atom stereocenters. The average molecular weight is 1010 g/mol. The van der Waals surface area contributed by atoms with E-state index in [9.17, 15) is 14.4 Å². The molecule has 424 valence electrons. The van der Waals surface area contributed by atoms with Crippen LogP contribution in [0.2, 0.25) is 0 Å². The number of hydrogen-bond donors (Lipinski definition) is 0. The topological polar surface area (TPSA) is 78.9 Å². The summed E-state index contributed by atoms with van der Waals surface area (Å²) in [6, 6.07) is 0. The minimum absolute atomic E-state index is 0.0695. The summed E-state index contributed by atoms with van der Waals surface area (Å²) in [4.78, 5) is 37.9. The lowest BCUT2D eigenvalue weighted by Gasteiger charge is -2.18. The largest absolute Gasteiger partial charge is 0.462 e. The van der Waals surface area contributed by atoms with Crippen molar-refractivity contribution in [3.05, 3.63) is 24.3 Å². The van der Waals surface area contributed by atoms with Gasteiger partial charge in [0, 0.05) is 19.3 Å². The van der Waals surface area contributed by atoms with Crippen molar-refractivity contribution in [3.8, 4) is 0 Å². The lowest BCUT2D eigenvalue weighted by Crippen LogP contribution is -2.30. The predicted molar refractivity (Wildman–Crippen MR) is 312 cm³/mol. The van der Waals surface area contributed by atoms with E-state index >= 15 is 0 Å². The van der Waals surface area contributed by atoms with Gasteiger partial charge in [0.05, 0.1) is 0 Å². The van der Waals surface area contributed by atoms with Crippen LogP contribution >= 0.6 is 0 Å². The third kappa shape index (κ3) is 58.8. The van der Waals surface area contributed by atoms with Crippen molar-refractivity contribution in [3.63, 3.8) is 0 Å². The molecule has 0 saturated heterocycles. The first-order valence-corrected chi connectivity index (χ1v) is 32.3. The van der Waals surface area contributed by atoms with Gasteiger partial charge in [-0.05, 0) is 64.2 Å². The Balaban J connectivity index is 3.86. The van der Waals surface area contributed by atoms with Crippen LogP contribution in [0.25, 0.3) is 0 Å². The molecule has 1 atom stereocenters. The van der Waals surface area contributed by atoms with Crippen molar-refractivity contribution in [2.24, 2.45) is 0 Å². The first-order chi connectivity index (χ1) is 35.5. The van der Waals surface area contributed by atoms with Gasteiger partial charge >= 0.3 is 17.9 Å². The van der Waals surface area contributed by atoms with Crippen LogP contribution in [-0.2, 0) is 28.6 Å². The van der Waals surface area contributed by atoms with Crippen molar-refractivity contribution in [2.45, 2.75) is 367 Å². The number of rotatable bonds is 60. The second-order valence-corrected chi connectivity index (χ2v) is 22.0. The standard InChI is InChI=1S/C66H124O6/c1-4-7-10-13-16-19-21-22-23-24-25-26-27-28-29-30-31-32-33-34-35-36-37-38-39-40-41-42-43-44-45-48-50-53-56-59-65(68)71-62-63(61-70-64(67)58-55-52-49-46-18-15-12-9-6-3)72-66(69)60-57-54-51-47-20-17-14-11-8-5-2/h11,14,24-25,63H,4-10,12-13,15-23,26-62H2,1-3H3/b14-11-,25-24-. The van der Waals surface area contributed by atoms with Crippen LogP contribution < -0.4 is 0 Å². The molecule has 6 heteroatoms. The summed E-state index contributed by atoms with van der Waals surface area (Å²) in [5.41, 5.74) is 0. The van der Waals surface area contributed by atoms with Crippen LogP contribution in [0.1, 0.15) is 361 Å². The molecule has 0 N–H and O–H groups in total. The Hall–Kier alpha value is -2.11. The maximum atomic E-state index is 12.8. The summed E-state index contributed by atoms with van der Waals surface area (Å²) in [5, 5.41) is 0. The molecule has 0 aliphatic carbocycles. The monoisotopic (exact) mass is 1010 g/mol. The second-order valence-electron chi connectivity index (χ2n) is 22.0. The Morgan fingerprint density at radius 3 is 0.750 bits per heavy atom. The van der Waals surface area contributed by atoms with E-state index < -0.39 is 6.10 Å². The molecule has 0 aromatic heterocycles. The van der Waals surface area contributed by atoms with E-state index in [0.717, 1.165) is 77.0 Å². The normalized spacial score (nSPS) is 12.1. The predicted octanol–water partition coefficient (Wildman–Crippen LogP) is 21.8. The zero-order valence-corrected chi connectivity index (χ0v) is 48.7. The van der Waals surface area contributed by atoms with Crippen LogP contribution in [0, 0.1) is 0 Å². The van der Waals surface area contributed by atoms with Crippen LogP contribution in [0.4, 0.5) is 0 Å². The maximum Gasteiger partial charge on any atom is 0.306 e. The van der Waals surface area contributed by atoms with Gasteiger partial charge in [0.25, 0.3) is 0 Å². The highest BCUT2D eigenvalue weighted by Gasteiger charge is 2.19. The third-order valence-electron chi connectivity index (χ3n) is 14.7. The van der Waals surface area contributed by atoms with Gasteiger partial charge in [0.2, 0.25) is 0 Å². The molecule has 0 aromatic carbocycles. The smallest absolute Gasteiger partial charge is 0.306 e. The summed E-state index contributed by atoms with van der Waals surface area (Å²) in [5.74, 6) is -0.865. The van der Waals surface area contributed by atoms with Gasteiger partial charge in [-0.3, -0.25) is 14.4 Å². The van der Waals surface area contributed by atoms with E-state index in [-0.39, 0.29) is 31.1 Å². The molecule has 0 rings (SSSR count). The highest BCUT2D eigenvalue weighted by Crippen LogP contribution is 2.18. The Morgan fingerprint density at radius 2 is 0.486 bits per heavy atom. The average Bonchev–Trinajstić information content (AvgIpc) is 3.38. The van der Waals surface area contributed by atoms with Gasteiger partial charge in [-0.1, -0.05) is 302 Å². The SMILES string of the molecule is CCC/C=C\CCCCCCCC(=O)OC(COC(=O)CCCCCCCCCCC)COC(=O)CCCCCCCCCCCCCCCCCCCCCCCCC/C=C\CCCCCCCCCC. The van der Waals surface area contributed by atoms with Crippen molar-refractivity contribution >= 4 is 17.9 Å². The van der Waals surface area contributed by atoms with Crippen LogP contribution in [-0.4, -0.2) is 37.2 Å². The molecule has 0 fully saturated rings. The summed E-state index contributed by atoms with van der Waals surface area (Å²) in [6.07, 6.45) is 73.9. The number of ether oxygens (including phenoxy) is 3. The fraction of sp³-hybridized carbons (Fsp3) is 0.894. The van der Waals surface area contributed by atoms with Crippen molar-refractivity contribution in [2.75, 3.05) is 13.2 Å². The van der Waals surface area contributed by atoms with E-state index in [1.54, 1.807) is 0 Å². The van der Waals surface area contributed by atoms with Crippen LogP contribution in [0.3, 0.4) is 0 Å². The quantitative estimate of drug-likeness (QED) is 0.0261. The third-order valence-corrected chi connectivity index (χ3v) is 14.7. The lowest BCUT2D eigenvalue weighted by molar-refractivity contribution is -0.167. The van der Waals surface area contributed by atoms with Crippen LogP contribution in [0.15, 0.2) is 24.3 Å². The molecule has 0 heterocycles. The Morgan fingerprint density at radius 1 is 0.264 bits per heavy atom. The van der Waals surface area contributed by atoms with E-state index in [0.29, 0.717) is 19.3 Å². The highest BCUT2D eigenvalue weighted by molar-refractivity contribution is 5.71. The minimum Gasteiger partial charge on any atom is -0.462 e. The van der Waals surface area contributed by atoms with Crippen LogP contribution in [0.5, 0.6) is 0 Å². The van der Waals surface area contributed by atoms with E-state index in [4.69, 9.17) is 14.2 Å². The molecule has 0 radical (unpaired) electrons. The second kappa shape index (κ2) is 61.4. The summed E-state index contributed by atoms with van der Waals surface area (Å²) in [6.45, 7) is 6.59. The molecule has 0 amide bonds. The summed E-state index contributed by atoms with van der Waals surface area (Å²) >= 11 is 0. The highest BCUT2D eigenvalue weighted by atomic mass is 16.6. The number of hydrogen-bond acceptors (Lipinski definition) is 6. The number of unbranched alkanes of at least 4 members (excludes halogenated alkanes) is 45. The first-order valence-electron chi connectivity index (χ1n) is 32.3. The molecule has 0 spiro atoms. The van der Waals surface area contributed by atoms with E-state index in [1.165, 1.54) is 244 Å². The fourth-order valence-corrected chi connectivity index (χ4v) is 9.80. The van der Waals surface area contributed by atoms with Gasteiger partial charge in [0.1, 0.15) is 13.2 Å². The first kappa shape index (κ1) is 69.9. The number of allylic oxidation sites excluding steroid dienone is 4. The summed E-state index contributed by atoms with van der Waals surface area (Å²) in [7, 11) is 0. The molecule has 0 aromatic rings. The Labute approximate surface area is 449 Å². The number of carbonyl (C=O) groups is 3. The Kier molecular flexibility index (Phi) is 59.6. The van der Waals surface area contributed by atoms with E-state index in [2.05, 4.69) is 45.1 Å². The molecular weight excluding hydrogens is 889 g/mol. The minimum atomic E-state index is -0.768. The van der Waals surface area contributed by atoms with Crippen molar-refractivity contribution < 1.29 is 28.6 Å². The zero-order valence-electron chi connectivity index (χ0n) is 48.7. The Bertz CT molecular complexity index is 1160. The molecule has 72 heavy (non-hydrogen) atoms. The summed E-state index contributed by atoms with van der Waals surface area (Å²) < 4.78 is 16.8. The maximum absolute atomic E-state index is 12.8. The van der Waals surface area contributed by atoms with E-state index in [1.807, 2.05) is 0 Å². The molecule has 0 saturated carbocycles. The fourth-order valence-electron chi connectivity index (χ4n) is 9.80. The van der Waals surface area contributed by atoms with Gasteiger partial charge in [-0.15, -0.1) is 0 Å². The molecule has 0 aliphatic heterocycles. The molecule has 0 bridgehead atoms. The lowest BCUT2D eigenvalue weighted by atomic mass is 10.0. The van der Waals surface area contributed by atoms with Gasteiger partial charge in [-0.2, -0.15) is 0 Å². The van der Waals surface area contributed by atoms with Gasteiger partial charge < -0.3 is 14.2 Å². The molecular formula is C66H124O6.